The van der Waals surface area contributed by atoms with Gasteiger partial charge in [-0.15, -0.1) is 11.3 Å². The summed E-state index contributed by atoms with van der Waals surface area (Å²) in [7, 11) is 0. The van der Waals surface area contributed by atoms with Crippen molar-refractivity contribution in [3.8, 4) is 10.6 Å². The number of nitrogens with zero attached hydrogens (tertiary/aromatic N) is 1. The molecule has 1 atom stereocenters. The van der Waals surface area contributed by atoms with E-state index in [4.69, 9.17) is 5.11 Å². The van der Waals surface area contributed by atoms with Crippen molar-refractivity contribution in [1.29, 1.82) is 0 Å². The maximum Gasteiger partial charge on any atom is 0.308 e. The first-order chi connectivity index (χ1) is 9.08. The molecule has 1 amide bonds. The van der Waals surface area contributed by atoms with E-state index in [1.54, 1.807) is 23.6 Å². The Balaban J connectivity index is 1.99. The van der Waals surface area contributed by atoms with Crippen molar-refractivity contribution in [3.05, 3.63) is 27.9 Å². The van der Waals surface area contributed by atoms with Gasteiger partial charge in [0.1, 0.15) is 10.7 Å². The average molecular weight is 296 g/mol. The van der Waals surface area contributed by atoms with Crippen LogP contribution in [-0.4, -0.2) is 28.5 Å². The monoisotopic (exact) mass is 296 g/mol. The molecule has 2 aromatic rings. The van der Waals surface area contributed by atoms with E-state index in [9.17, 15) is 9.59 Å². The van der Waals surface area contributed by atoms with Gasteiger partial charge in [0.05, 0.1) is 5.92 Å². The molecule has 0 saturated heterocycles. The largest absolute Gasteiger partial charge is 0.481 e. The molecule has 1 unspecified atom stereocenters. The predicted molar refractivity (Wildman–Crippen MR) is 74.6 cm³/mol. The molecule has 2 heterocycles. The quantitative estimate of drug-likeness (QED) is 0.887. The van der Waals surface area contributed by atoms with Crippen molar-refractivity contribution >= 4 is 34.6 Å². The summed E-state index contributed by atoms with van der Waals surface area (Å²) in [4.78, 5) is 26.7. The number of amides is 1. The zero-order valence-corrected chi connectivity index (χ0v) is 11.8. The number of hydrogen-bond acceptors (Lipinski definition) is 5. The summed E-state index contributed by atoms with van der Waals surface area (Å²) in [5.41, 5.74) is 1.32. The highest BCUT2D eigenvalue weighted by molar-refractivity contribution is 7.14. The Kier molecular flexibility index (Phi) is 4.28. The van der Waals surface area contributed by atoms with Gasteiger partial charge < -0.3 is 10.4 Å². The first-order valence-corrected chi connectivity index (χ1v) is 7.39. The van der Waals surface area contributed by atoms with E-state index >= 15 is 0 Å². The van der Waals surface area contributed by atoms with Crippen molar-refractivity contribution in [2.75, 3.05) is 6.54 Å². The minimum Gasteiger partial charge on any atom is -0.481 e. The molecule has 2 rings (SSSR count). The summed E-state index contributed by atoms with van der Waals surface area (Å²) in [5.74, 6) is -1.89. The van der Waals surface area contributed by atoms with Crippen molar-refractivity contribution in [1.82, 2.24) is 10.3 Å². The van der Waals surface area contributed by atoms with E-state index in [2.05, 4.69) is 10.3 Å². The molecule has 2 aromatic heterocycles. The van der Waals surface area contributed by atoms with E-state index < -0.39 is 11.9 Å². The highest BCUT2D eigenvalue weighted by atomic mass is 32.1. The van der Waals surface area contributed by atoms with Crippen LogP contribution in [0.1, 0.15) is 17.4 Å². The molecule has 0 saturated carbocycles. The van der Waals surface area contributed by atoms with Gasteiger partial charge in [-0.1, -0.05) is 6.92 Å². The van der Waals surface area contributed by atoms with Crippen molar-refractivity contribution in [3.63, 3.8) is 0 Å². The summed E-state index contributed by atoms with van der Waals surface area (Å²) in [6, 6.07) is 1.94. The van der Waals surface area contributed by atoms with Crippen LogP contribution in [0.4, 0.5) is 0 Å². The number of aliphatic carboxylic acids is 1. The van der Waals surface area contributed by atoms with Crippen LogP contribution in [0.5, 0.6) is 0 Å². The topological polar surface area (TPSA) is 79.3 Å². The van der Waals surface area contributed by atoms with E-state index in [1.165, 1.54) is 11.3 Å². The molecule has 0 aliphatic rings. The lowest BCUT2D eigenvalue weighted by Crippen LogP contribution is -2.31. The molecule has 7 heteroatoms. The van der Waals surface area contributed by atoms with Crippen molar-refractivity contribution in [2.45, 2.75) is 6.92 Å². The Morgan fingerprint density at radius 2 is 2.26 bits per heavy atom. The van der Waals surface area contributed by atoms with Gasteiger partial charge in [0.15, 0.2) is 0 Å². The zero-order chi connectivity index (χ0) is 13.8. The number of thiazole rings is 1. The van der Waals surface area contributed by atoms with Crippen LogP contribution in [-0.2, 0) is 4.79 Å². The molecule has 0 fully saturated rings. The molecular weight excluding hydrogens is 284 g/mol. The maximum atomic E-state index is 11.8. The second-order valence-electron chi connectivity index (χ2n) is 4.00. The van der Waals surface area contributed by atoms with Gasteiger partial charge in [0.25, 0.3) is 5.91 Å². The minimum absolute atomic E-state index is 0.0967. The third-order valence-corrected chi connectivity index (χ3v) is 4.07. The molecular formula is C12H12N2O3S2. The molecule has 0 aromatic carbocycles. The summed E-state index contributed by atoms with van der Waals surface area (Å²) >= 11 is 2.96. The lowest BCUT2D eigenvalue weighted by molar-refractivity contribution is -0.140. The Hall–Kier alpha value is -1.73. The first kappa shape index (κ1) is 13.7. The van der Waals surface area contributed by atoms with Crippen LogP contribution in [0, 0.1) is 5.92 Å². The van der Waals surface area contributed by atoms with Gasteiger partial charge in [0, 0.05) is 22.9 Å². The average Bonchev–Trinajstić information content (AvgIpc) is 3.04. The van der Waals surface area contributed by atoms with Crippen LogP contribution < -0.4 is 5.32 Å². The van der Waals surface area contributed by atoms with Crippen LogP contribution in [0.3, 0.4) is 0 Å². The van der Waals surface area contributed by atoms with Crippen molar-refractivity contribution < 1.29 is 14.7 Å². The van der Waals surface area contributed by atoms with Crippen LogP contribution in [0.15, 0.2) is 22.2 Å². The van der Waals surface area contributed by atoms with E-state index in [0.29, 0.717) is 5.69 Å². The lowest BCUT2D eigenvalue weighted by Gasteiger charge is -2.06. The van der Waals surface area contributed by atoms with Gasteiger partial charge in [-0.3, -0.25) is 9.59 Å². The number of carbonyl (C=O) groups is 2. The van der Waals surface area contributed by atoms with Crippen LogP contribution >= 0.6 is 22.7 Å². The first-order valence-electron chi connectivity index (χ1n) is 5.57. The number of carbonyl (C=O) groups excluding carboxylic acids is 1. The van der Waals surface area contributed by atoms with E-state index in [1.807, 2.05) is 16.8 Å². The number of thiophene rings is 1. The fourth-order valence-electron chi connectivity index (χ4n) is 1.32. The molecule has 2 N–H and O–H groups in total. The fraction of sp³-hybridized carbons (Fsp3) is 0.250. The lowest BCUT2D eigenvalue weighted by atomic mass is 10.2. The molecule has 0 bridgehead atoms. The van der Waals surface area contributed by atoms with Gasteiger partial charge in [-0.2, -0.15) is 11.3 Å². The molecule has 19 heavy (non-hydrogen) atoms. The van der Waals surface area contributed by atoms with Gasteiger partial charge >= 0.3 is 5.97 Å². The normalized spacial score (nSPS) is 12.1. The Labute approximate surface area is 117 Å². The number of carboxylic acid groups (broad SMARTS) is 1. The Bertz CT molecular complexity index is 578. The molecule has 0 spiro atoms. The SMILES string of the molecule is CC(CNC(=O)c1csc(-c2ccsc2)n1)C(=O)O. The molecule has 0 aliphatic heterocycles. The maximum absolute atomic E-state index is 11.8. The Morgan fingerprint density at radius 1 is 1.47 bits per heavy atom. The standard InChI is InChI=1S/C12H12N2O3S2/c1-7(12(16)17)4-13-10(15)9-6-19-11(14-9)8-2-3-18-5-8/h2-3,5-7H,4H2,1H3,(H,13,15)(H,16,17). The number of aromatic nitrogens is 1. The summed E-state index contributed by atoms with van der Waals surface area (Å²) in [6.45, 7) is 1.64. The molecule has 0 aliphatic carbocycles. The number of carboxylic acids is 1. The van der Waals surface area contributed by atoms with Crippen LogP contribution in [0.2, 0.25) is 0 Å². The summed E-state index contributed by atoms with van der Waals surface area (Å²) in [5, 5.41) is 17.7. The third-order valence-electron chi connectivity index (χ3n) is 2.50. The number of hydrogen-bond donors (Lipinski definition) is 2. The second-order valence-corrected chi connectivity index (χ2v) is 5.64. The molecule has 5 nitrogen and oxygen atoms in total. The third kappa shape index (κ3) is 3.39. The van der Waals surface area contributed by atoms with E-state index in [0.717, 1.165) is 10.6 Å². The van der Waals surface area contributed by atoms with Gasteiger partial charge in [-0.05, 0) is 11.4 Å². The molecule has 100 valence electrons. The second kappa shape index (κ2) is 5.94. The zero-order valence-electron chi connectivity index (χ0n) is 10.1. The van der Waals surface area contributed by atoms with Gasteiger partial charge in [-0.25, -0.2) is 4.98 Å². The molecule has 0 radical (unpaired) electrons. The Morgan fingerprint density at radius 3 is 2.89 bits per heavy atom. The summed E-state index contributed by atoms with van der Waals surface area (Å²) in [6.07, 6.45) is 0. The highest BCUT2D eigenvalue weighted by Crippen LogP contribution is 2.25. The highest BCUT2D eigenvalue weighted by Gasteiger charge is 2.15. The summed E-state index contributed by atoms with van der Waals surface area (Å²) < 4.78 is 0. The predicted octanol–water partition coefficient (Wildman–Crippen LogP) is 2.32. The van der Waals surface area contributed by atoms with Crippen molar-refractivity contribution in [2.24, 2.45) is 5.92 Å². The minimum atomic E-state index is -0.933. The fourth-order valence-corrected chi connectivity index (χ4v) is 2.83. The van der Waals surface area contributed by atoms with Crippen LogP contribution in [0.25, 0.3) is 10.6 Å². The van der Waals surface area contributed by atoms with E-state index in [-0.39, 0.29) is 12.5 Å². The smallest absolute Gasteiger partial charge is 0.308 e. The number of nitrogens with one attached hydrogen (secondary N) is 1. The number of rotatable bonds is 5. The van der Waals surface area contributed by atoms with Gasteiger partial charge in [0.2, 0.25) is 0 Å².